The molecule has 0 saturated carbocycles. The number of carbonyl (C=O) groups is 2. The van der Waals surface area contributed by atoms with Crippen LogP contribution in [-0.2, 0) is 26.2 Å². The summed E-state index contributed by atoms with van der Waals surface area (Å²) >= 11 is 0. The molecular formula is C29H43N3O6S. The molecule has 2 atom stereocenters. The van der Waals surface area contributed by atoms with Gasteiger partial charge >= 0.3 is 0 Å². The van der Waals surface area contributed by atoms with Gasteiger partial charge in [-0.3, -0.25) is 13.9 Å². The molecule has 0 aliphatic carbocycles. The van der Waals surface area contributed by atoms with E-state index in [1.807, 2.05) is 52.0 Å². The van der Waals surface area contributed by atoms with Crippen LogP contribution in [0.2, 0.25) is 0 Å². The van der Waals surface area contributed by atoms with E-state index in [1.165, 1.54) is 4.31 Å². The third-order valence-corrected chi connectivity index (χ3v) is 7.66. The average molecular weight is 562 g/mol. The first-order valence-corrected chi connectivity index (χ1v) is 15.3. The van der Waals surface area contributed by atoms with Gasteiger partial charge in [0.25, 0.3) is 0 Å². The summed E-state index contributed by atoms with van der Waals surface area (Å²) in [6.07, 6.45) is 2.74. The minimum absolute atomic E-state index is 0.0160. The maximum atomic E-state index is 13.6. The molecule has 0 aliphatic heterocycles. The lowest BCUT2D eigenvalue weighted by atomic mass is 10.1. The summed E-state index contributed by atoms with van der Waals surface area (Å²) in [6, 6.07) is 13.6. The Labute approximate surface area is 233 Å². The molecule has 2 rings (SSSR count). The summed E-state index contributed by atoms with van der Waals surface area (Å²) in [5.41, 5.74) is 1.34. The second-order valence-corrected chi connectivity index (χ2v) is 11.4. The minimum atomic E-state index is -3.58. The first-order chi connectivity index (χ1) is 18.5. The van der Waals surface area contributed by atoms with Crippen LogP contribution in [0, 0.1) is 0 Å². The second-order valence-electron chi connectivity index (χ2n) is 9.48. The molecule has 0 saturated heterocycles. The van der Waals surface area contributed by atoms with E-state index in [4.69, 9.17) is 9.47 Å². The monoisotopic (exact) mass is 561 g/mol. The molecule has 1 N–H and O–H groups in total. The Morgan fingerprint density at radius 1 is 1.00 bits per heavy atom. The second kappa shape index (κ2) is 15.4. The number of amides is 2. The summed E-state index contributed by atoms with van der Waals surface area (Å²) in [7, 11) is -2.00. The molecule has 10 heteroatoms. The summed E-state index contributed by atoms with van der Waals surface area (Å²) in [6.45, 7) is 8.55. The fourth-order valence-corrected chi connectivity index (χ4v) is 5.17. The molecule has 2 aromatic rings. The first-order valence-electron chi connectivity index (χ1n) is 13.5. The first kappa shape index (κ1) is 31.9. The number of ether oxygens (including phenoxy) is 2. The van der Waals surface area contributed by atoms with Crippen LogP contribution in [-0.4, -0.2) is 63.7 Å². The van der Waals surface area contributed by atoms with Crippen molar-refractivity contribution in [2.45, 2.75) is 72.0 Å². The minimum Gasteiger partial charge on any atom is -0.497 e. The predicted octanol–water partition coefficient (Wildman–Crippen LogP) is 4.36. The number of methoxy groups -OCH3 is 1. The zero-order valence-electron chi connectivity index (χ0n) is 24.0. The van der Waals surface area contributed by atoms with Gasteiger partial charge in [-0.25, -0.2) is 8.42 Å². The van der Waals surface area contributed by atoms with E-state index in [2.05, 4.69) is 5.32 Å². The summed E-state index contributed by atoms with van der Waals surface area (Å²) in [4.78, 5) is 28.3. The molecule has 0 bridgehead atoms. The highest BCUT2D eigenvalue weighted by Crippen LogP contribution is 2.23. The number of sulfonamides is 1. The van der Waals surface area contributed by atoms with Crippen LogP contribution < -0.4 is 19.1 Å². The predicted molar refractivity (Wildman–Crippen MR) is 155 cm³/mol. The molecule has 0 unspecified atom stereocenters. The third kappa shape index (κ3) is 9.76. The Morgan fingerprint density at radius 2 is 1.69 bits per heavy atom. The van der Waals surface area contributed by atoms with Crippen LogP contribution in [0.4, 0.5) is 5.69 Å². The Kier molecular flexibility index (Phi) is 12.6. The molecule has 39 heavy (non-hydrogen) atoms. The van der Waals surface area contributed by atoms with Gasteiger partial charge in [-0.1, -0.05) is 26.0 Å². The van der Waals surface area contributed by atoms with Crippen LogP contribution in [0.3, 0.4) is 0 Å². The van der Waals surface area contributed by atoms with Crippen molar-refractivity contribution in [1.82, 2.24) is 10.2 Å². The maximum Gasteiger partial charge on any atom is 0.243 e. The van der Waals surface area contributed by atoms with E-state index >= 15 is 0 Å². The normalized spacial score (nSPS) is 12.8. The lowest BCUT2D eigenvalue weighted by Gasteiger charge is -2.32. The Morgan fingerprint density at radius 3 is 2.26 bits per heavy atom. The average Bonchev–Trinajstić information content (AvgIpc) is 2.91. The summed E-state index contributed by atoms with van der Waals surface area (Å²) in [5, 5.41) is 3.00. The van der Waals surface area contributed by atoms with Crippen LogP contribution in [0.5, 0.6) is 11.5 Å². The van der Waals surface area contributed by atoms with Crippen molar-refractivity contribution in [2.24, 2.45) is 0 Å². The molecular weight excluding hydrogens is 518 g/mol. The number of nitrogens with zero attached hydrogens (tertiary/aromatic N) is 2. The topological polar surface area (TPSA) is 105 Å². The maximum absolute atomic E-state index is 13.6. The molecule has 0 radical (unpaired) electrons. The van der Waals surface area contributed by atoms with E-state index in [-0.39, 0.29) is 43.8 Å². The molecule has 0 spiro atoms. The molecule has 2 amide bonds. The van der Waals surface area contributed by atoms with E-state index in [1.54, 1.807) is 36.3 Å². The standard InChI is InChI=1S/C29H43N3O6S/c1-7-22(4)30-29(34)27(8-2)31(21-23-12-10-13-26(20-23)37-5)28(33)14-11-19-32(39(6,35)36)24-15-17-25(18-16-24)38-9-3/h10,12-13,15-18,20,22,27H,7-9,11,14,19,21H2,1-6H3,(H,30,34)/t22-,27+/m1/s1. The van der Waals surface area contributed by atoms with Crippen LogP contribution in [0.25, 0.3) is 0 Å². The van der Waals surface area contributed by atoms with Gasteiger partial charge in [-0.15, -0.1) is 0 Å². The van der Waals surface area contributed by atoms with Crippen molar-refractivity contribution in [1.29, 1.82) is 0 Å². The lowest BCUT2D eigenvalue weighted by Crippen LogP contribution is -2.50. The number of hydrogen-bond donors (Lipinski definition) is 1. The van der Waals surface area contributed by atoms with Crippen molar-refractivity contribution < 1.29 is 27.5 Å². The van der Waals surface area contributed by atoms with Gasteiger partial charge in [0.1, 0.15) is 17.5 Å². The van der Waals surface area contributed by atoms with Gasteiger partial charge in [0.2, 0.25) is 21.8 Å². The van der Waals surface area contributed by atoms with Crippen molar-refractivity contribution in [3.8, 4) is 11.5 Å². The largest absolute Gasteiger partial charge is 0.497 e. The Balaban J connectivity index is 2.23. The molecule has 2 aromatic carbocycles. The van der Waals surface area contributed by atoms with Gasteiger partial charge in [-0.2, -0.15) is 0 Å². The van der Waals surface area contributed by atoms with Gasteiger partial charge in [-0.05, 0) is 75.1 Å². The van der Waals surface area contributed by atoms with Gasteiger partial charge in [0, 0.05) is 25.6 Å². The third-order valence-electron chi connectivity index (χ3n) is 6.46. The van der Waals surface area contributed by atoms with E-state index < -0.39 is 16.1 Å². The van der Waals surface area contributed by atoms with Crippen LogP contribution in [0.15, 0.2) is 48.5 Å². The highest BCUT2D eigenvalue weighted by Gasteiger charge is 2.29. The summed E-state index contributed by atoms with van der Waals surface area (Å²) < 4.78 is 37.2. The molecule has 0 aliphatic rings. The smallest absolute Gasteiger partial charge is 0.243 e. The highest BCUT2D eigenvalue weighted by atomic mass is 32.2. The quantitative estimate of drug-likeness (QED) is 0.327. The van der Waals surface area contributed by atoms with Crippen molar-refractivity contribution in [2.75, 3.05) is 30.8 Å². The zero-order chi connectivity index (χ0) is 29.0. The number of anilines is 1. The number of benzene rings is 2. The highest BCUT2D eigenvalue weighted by molar-refractivity contribution is 7.92. The number of nitrogens with one attached hydrogen (secondary N) is 1. The molecule has 0 aromatic heterocycles. The summed E-state index contributed by atoms with van der Waals surface area (Å²) in [5.74, 6) is 0.898. The van der Waals surface area contributed by atoms with Gasteiger partial charge < -0.3 is 19.7 Å². The van der Waals surface area contributed by atoms with E-state index in [0.29, 0.717) is 30.2 Å². The van der Waals surface area contributed by atoms with Crippen molar-refractivity contribution in [3.63, 3.8) is 0 Å². The van der Waals surface area contributed by atoms with Crippen molar-refractivity contribution >= 4 is 27.5 Å². The lowest BCUT2D eigenvalue weighted by molar-refractivity contribution is -0.141. The molecule has 0 fully saturated rings. The SMILES string of the molecule is CCOc1ccc(N(CCCC(=O)N(Cc2cccc(OC)c2)[C@@H](CC)C(=O)N[C@H](C)CC)S(C)(=O)=O)cc1. The fraction of sp³-hybridized carbons (Fsp3) is 0.517. The Hall–Kier alpha value is -3.27. The Bertz CT molecular complexity index is 1170. The number of rotatable bonds is 16. The molecule has 0 heterocycles. The van der Waals surface area contributed by atoms with E-state index in [9.17, 15) is 18.0 Å². The van der Waals surface area contributed by atoms with E-state index in [0.717, 1.165) is 18.2 Å². The van der Waals surface area contributed by atoms with Gasteiger partial charge in [0.05, 0.1) is 25.7 Å². The molecule has 9 nitrogen and oxygen atoms in total. The zero-order valence-corrected chi connectivity index (χ0v) is 24.8. The number of carbonyl (C=O) groups excluding carboxylic acids is 2. The van der Waals surface area contributed by atoms with Crippen LogP contribution in [0.1, 0.15) is 58.9 Å². The fourth-order valence-electron chi connectivity index (χ4n) is 4.21. The van der Waals surface area contributed by atoms with Crippen LogP contribution >= 0.6 is 0 Å². The van der Waals surface area contributed by atoms with Gasteiger partial charge in [0.15, 0.2) is 0 Å². The molecule has 216 valence electrons. The number of hydrogen-bond acceptors (Lipinski definition) is 6. The van der Waals surface area contributed by atoms with Crippen molar-refractivity contribution in [3.05, 3.63) is 54.1 Å².